The Labute approximate surface area is 153 Å². The highest BCUT2D eigenvalue weighted by Crippen LogP contribution is 2.44. The molecular formula is C19H16ClF3O3. The van der Waals surface area contributed by atoms with E-state index in [1.165, 1.54) is 12.1 Å². The third-order valence-corrected chi connectivity index (χ3v) is 4.71. The van der Waals surface area contributed by atoms with Crippen LogP contribution < -0.4 is 4.74 Å². The molecule has 0 aromatic heterocycles. The highest BCUT2D eigenvalue weighted by atomic mass is 35.5. The first-order valence-corrected chi connectivity index (χ1v) is 8.46. The minimum absolute atomic E-state index is 0.0403. The van der Waals surface area contributed by atoms with E-state index in [2.05, 4.69) is 0 Å². The first-order chi connectivity index (χ1) is 12.2. The van der Waals surface area contributed by atoms with Gasteiger partial charge in [-0.1, -0.05) is 42.8 Å². The Balaban J connectivity index is 2.12. The van der Waals surface area contributed by atoms with Crippen molar-refractivity contribution < 1.29 is 27.8 Å². The number of carbonyl (C=O) groups is 1. The number of carboxylic acid groups (broad SMARTS) is 1. The Bertz CT molecular complexity index is 831. The maximum Gasteiger partial charge on any atom is 0.426 e. The molecule has 1 unspecified atom stereocenters. The van der Waals surface area contributed by atoms with Gasteiger partial charge >= 0.3 is 12.1 Å². The van der Waals surface area contributed by atoms with E-state index >= 15 is 0 Å². The molecule has 0 bridgehead atoms. The van der Waals surface area contributed by atoms with Crippen LogP contribution in [0.3, 0.4) is 0 Å². The minimum atomic E-state index is -4.79. The fourth-order valence-electron chi connectivity index (χ4n) is 3.14. The van der Waals surface area contributed by atoms with Crippen LogP contribution in [0, 0.1) is 5.92 Å². The molecule has 0 saturated carbocycles. The molecule has 0 fully saturated rings. The average Bonchev–Trinajstić information content (AvgIpc) is 2.59. The molecule has 0 amide bonds. The summed E-state index contributed by atoms with van der Waals surface area (Å²) in [5, 5.41) is 9.51. The monoisotopic (exact) mass is 384 g/mol. The van der Waals surface area contributed by atoms with Crippen molar-refractivity contribution in [2.24, 2.45) is 5.92 Å². The van der Waals surface area contributed by atoms with Gasteiger partial charge in [-0.3, -0.25) is 4.79 Å². The van der Waals surface area contributed by atoms with E-state index in [0.29, 0.717) is 21.7 Å². The van der Waals surface area contributed by atoms with Crippen molar-refractivity contribution in [2.45, 2.75) is 32.0 Å². The van der Waals surface area contributed by atoms with E-state index in [0.717, 1.165) is 12.0 Å². The number of fused-ring (bicyclic) bond motifs is 1. The molecule has 138 valence electrons. The zero-order valence-electron chi connectivity index (χ0n) is 13.8. The molecular weight excluding hydrogens is 369 g/mol. The number of aliphatic carboxylic acids is 1. The van der Waals surface area contributed by atoms with Gasteiger partial charge in [0.1, 0.15) is 11.7 Å². The number of benzene rings is 2. The Morgan fingerprint density at radius 1 is 1.27 bits per heavy atom. The Morgan fingerprint density at radius 2 is 1.92 bits per heavy atom. The summed E-state index contributed by atoms with van der Waals surface area (Å²) in [7, 11) is 0. The molecule has 7 heteroatoms. The summed E-state index contributed by atoms with van der Waals surface area (Å²) in [6.45, 7) is 2.00. The van der Waals surface area contributed by atoms with E-state index in [1.54, 1.807) is 12.1 Å². The van der Waals surface area contributed by atoms with Gasteiger partial charge < -0.3 is 9.84 Å². The second-order valence-electron chi connectivity index (χ2n) is 6.22. The summed E-state index contributed by atoms with van der Waals surface area (Å²) < 4.78 is 45.2. The summed E-state index contributed by atoms with van der Waals surface area (Å²) in [5.41, 5.74) is 2.54. The Hall–Kier alpha value is -2.21. The summed E-state index contributed by atoms with van der Waals surface area (Å²) in [4.78, 5) is 11.3. The van der Waals surface area contributed by atoms with Crippen LogP contribution in [0.5, 0.6) is 5.75 Å². The number of hydrogen-bond acceptors (Lipinski definition) is 2. The first-order valence-electron chi connectivity index (χ1n) is 8.08. The molecule has 1 N–H and O–H groups in total. The molecule has 2 aromatic carbocycles. The van der Waals surface area contributed by atoms with E-state index in [1.807, 2.05) is 19.1 Å². The topological polar surface area (TPSA) is 46.5 Å². The zero-order chi connectivity index (χ0) is 19.1. The van der Waals surface area contributed by atoms with Crippen molar-refractivity contribution >= 4 is 17.6 Å². The van der Waals surface area contributed by atoms with Crippen LogP contribution in [-0.4, -0.2) is 23.4 Å². The molecule has 26 heavy (non-hydrogen) atoms. The van der Waals surface area contributed by atoms with Gasteiger partial charge in [-0.25, -0.2) is 0 Å². The summed E-state index contributed by atoms with van der Waals surface area (Å²) >= 11 is 6.12. The van der Waals surface area contributed by atoms with Crippen LogP contribution in [0.25, 0.3) is 11.1 Å². The Kier molecular flexibility index (Phi) is 4.88. The smallest absolute Gasteiger partial charge is 0.426 e. The first kappa shape index (κ1) is 18.6. The molecule has 3 rings (SSSR count). The third kappa shape index (κ3) is 3.51. The molecule has 0 aliphatic carbocycles. The van der Waals surface area contributed by atoms with Crippen LogP contribution >= 0.6 is 11.6 Å². The lowest BCUT2D eigenvalue weighted by atomic mass is 9.88. The maximum atomic E-state index is 13.3. The lowest BCUT2D eigenvalue weighted by Crippen LogP contribution is -2.47. The fourth-order valence-corrected chi connectivity index (χ4v) is 3.38. The Morgan fingerprint density at radius 3 is 2.46 bits per heavy atom. The third-order valence-electron chi connectivity index (χ3n) is 4.49. The van der Waals surface area contributed by atoms with Crippen molar-refractivity contribution in [3.8, 4) is 16.9 Å². The van der Waals surface area contributed by atoms with Crippen molar-refractivity contribution in [1.82, 2.24) is 0 Å². The molecule has 2 atom stereocenters. The van der Waals surface area contributed by atoms with Gasteiger partial charge in [-0.05, 0) is 41.7 Å². The minimum Gasteiger partial charge on any atom is -0.481 e. The maximum absolute atomic E-state index is 13.3. The highest BCUT2D eigenvalue weighted by molar-refractivity contribution is 6.31. The van der Waals surface area contributed by atoms with Crippen molar-refractivity contribution in [2.75, 3.05) is 0 Å². The second kappa shape index (κ2) is 6.83. The van der Waals surface area contributed by atoms with Crippen LogP contribution in [0.15, 0.2) is 36.4 Å². The summed E-state index contributed by atoms with van der Waals surface area (Å²) in [6, 6.07) is 10.3. The van der Waals surface area contributed by atoms with Crippen molar-refractivity contribution in [1.29, 1.82) is 0 Å². The van der Waals surface area contributed by atoms with Gasteiger partial charge in [0, 0.05) is 10.6 Å². The number of ether oxygens (including phenoxy) is 1. The molecule has 2 aromatic rings. The highest BCUT2D eigenvalue weighted by Gasteiger charge is 2.52. The van der Waals surface area contributed by atoms with Gasteiger partial charge in [0.25, 0.3) is 0 Å². The van der Waals surface area contributed by atoms with E-state index in [-0.39, 0.29) is 12.2 Å². The number of carboxylic acids is 1. The van der Waals surface area contributed by atoms with Gasteiger partial charge in [-0.2, -0.15) is 13.2 Å². The van der Waals surface area contributed by atoms with Gasteiger partial charge in [-0.15, -0.1) is 0 Å². The average molecular weight is 385 g/mol. The molecule has 3 nitrogen and oxygen atoms in total. The quantitative estimate of drug-likeness (QED) is 0.797. The zero-order valence-corrected chi connectivity index (χ0v) is 14.6. The van der Waals surface area contributed by atoms with Gasteiger partial charge in [0.2, 0.25) is 6.10 Å². The molecule has 1 aliphatic rings. The second-order valence-corrected chi connectivity index (χ2v) is 6.66. The lowest BCUT2D eigenvalue weighted by Gasteiger charge is -2.33. The number of aryl methyl sites for hydroxylation is 1. The predicted octanol–water partition coefficient (Wildman–Crippen LogP) is 5.14. The van der Waals surface area contributed by atoms with E-state index in [4.69, 9.17) is 16.3 Å². The van der Waals surface area contributed by atoms with Crippen LogP contribution in [-0.2, 0) is 17.6 Å². The van der Waals surface area contributed by atoms with Gasteiger partial charge in [0.15, 0.2) is 0 Å². The summed E-state index contributed by atoms with van der Waals surface area (Å²) in [6.07, 6.45) is -6.65. The van der Waals surface area contributed by atoms with Crippen LogP contribution in [0.4, 0.5) is 13.2 Å². The molecule has 0 radical (unpaired) electrons. The van der Waals surface area contributed by atoms with E-state index in [9.17, 15) is 23.1 Å². The van der Waals surface area contributed by atoms with E-state index < -0.39 is 24.2 Å². The largest absolute Gasteiger partial charge is 0.481 e. The predicted molar refractivity (Wildman–Crippen MR) is 91.6 cm³/mol. The molecule has 1 heterocycles. The standard InChI is InChI=1S/C19H16ClF3O3/c1-2-10-3-5-11(6-4-10)14-9-13(20)7-12-8-15(18(24)25)17(19(21,22)23)26-16(12)14/h3-7,9,15,17H,2,8H2,1H3,(H,24,25)/t15?,17-/m0/s1. The number of hydrogen-bond donors (Lipinski definition) is 1. The van der Waals surface area contributed by atoms with Gasteiger partial charge in [0.05, 0.1) is 0 Å². The summed E-state index contributed by atoms with van der Waals surface area (Å²) in [5.74, 6) is -3.22. The number of alkyl halides is 3. The SMILES string of the molecule is CCc1ccc(-c2cc(Cl)cc3c2O[C@H](C(F)(F)F)C(C(=O)O)C3)cc1. The normalized spacial score (nSPS) is 19.6. The molecule has 0 spiro atoms. The number of halogens is 4. The molecule has 0 saturated heterocycles. The van der Waals surface area contributed by atoms with Crippen molar-refractivity contribution in [3.63, 3.8) is 0 Å². The van der Waals surface area contributed by atoms with Crippen LogP contribution in [0.2, 0.25) is 5.02 Å². The fraction of sp³-hybridized carbons (Fsp3) is 0.316. The molecule has 1 aliphatic heterocycles. The van der Waals surface area contributed by atoms with Crippen molar-refractivity contribution in [3.05, 3.63) is 52.5 Å². The number of rotatable bonds is 3. The van der Waals surface area contributed by atoms with Crippen LogP contribution in [0.1, 0.15) is 18.1 Å². The lowest BCUT2D eigenvalue weighted by molar-refractivity contribution is -0.217.